The van der Waals surface area contributed by atoms with Crippen LogP contribution in [-0.4, -0.2) is 39.3 Å². The van der Waals surface area contributed by atoms with Gasteiger partial charge in [-0.25, -0.2) is 9.78 Å². The molecule has 3 N–H and O–H groups in total. The number of carbonyl (C=O) groups excluding carboxylic acids is 2. The van der Waals surface area contributed by atoms with Gasteiger partial charge in [0.1, 0.15) is 6.10 Å². The first-order chi connectivity index (χ1) is 13.4. The van der Waals surface area contributed by atoms with Crippen molar-refractivity contribution in [2.24, 2.45) is 0 Å². The third kappa shape index (κ3) is 5.54. The summed E-state index contributed by atoms with van der Waals surface area (Å²) < 4.78 is 5.52. The number of aromatic nitrogens is 3. The minimum Gasteiger partial charge on any atom is -0.446 e. The Balaban J connectivity index is 1.47. The first-order valence-corrected chi connectivity index (χ1v) is 10.5. The van der Waals surface area contributed by atoms with Crippen molar-refractivity contribution in [2.75, 3.05) is 5.32 Å². The van der Waals surface area contributed by atoms with Crippen molar-refractivity contribution in [3.8, 4) is 0 Å². The van der Waals surface area contributed by atoms with E-state index in [0.29, 0.717) is 12.2 Å². The standard InChI is InChI=1S/C19H27N5O3S/c1-4-11(2)21-19(26)27-14-6-5-13(7-14)16-9-17(24-23-16)22-18(25)8-15-10-20-12(3)28-15/h9-11,13-14H,4-8H2,1-3H3,(H,21,26)(H2,22,23,24,25)/t11-,13-,14+/m0/s1. The van der Waals surface area contributed by atoms with Gasteiger partial charge in [0.2, 0.25) is 5.91 Å². The lowest BCUT2D eigenvalue weighted by atomic mass is 10.0. The summed E-state index contributed by atoms with van der Waals surface area (Å²) in [6.45, 7) is 5.89. The van der Waals surface area contributed by atoms with Crippen molar-refractivity contribution in [2.45, 2.75) is 70.9 Å². The Labute approximate surface area is 168 Å². The molecule has 152 valence electrons. The number of hydrogen-bond acceptors (Lipinski definition) is 6. The molecule has 3 rings (SSSR count). The van der Waals surface area contributed by atoms with Gasteiger partial charge in [-0.05, 0) is 39.5 Å². The average molecular weight is 406 g/mol. The predicted molar refractivity (Wildman–Crippen MR) is 108 cm³/mol. The maximum atomic E-state index is 12.2. The van der Waals surface area contributed by atoms with Gasteiger partial charge in [0.05, 0.1) is 11.4 Å². The molecule has 2 amide bonds. The topological polar surface area (TPSA) is 109 Å². The third-order valence-corrected chi connectivity index (χ3v) is 5.86. The van der Waals surface area contributed by atoms with Crippen LogP contribution >= 0.6 is 11.3 Å². The van der Waals surface area contributed by atoms with Gasteiger partial charge in [-0.2, -0.15) is 5.10 Å². The normalized spacial score (nSPS) is 20.0. The number of aryl methyl sites for hydroxylation is 1. The second-order valence-corrected chi connectivity index (χ2v) is 8.59. The van der Waals surface area contributed by atoms with E-state index in [1.165, 1.54) is 11.3 Å². The zero-order chi connectivity index (χ0) is 20.1. The van der Waals surface area contributed by atoms with Crippen LogP contribution in [0.25, 0.3) is 0 Å². The molecule has 8 nitrogen and oxygen atoms in total. The third-order valence-electron chi connectivity index (χ3n) is 4.94. The van der Waals surface area contributed by atoms with Gasteiger partial charge in [-0.3, -0.25) is 9.89 Å². The number of nitrogens with zero attached hydrogens (tertiary/aromatic N) is 2. The van der Waals surface area contributed by atoms with Crippen molar-refractivity contribution >= 4 is 29.2 Å². The molecule has 0 bridgehead atoms. The number of alkyl carbamates (subject to hydrolysis) is 1. The molecule has 3 atom stereocenters. The molecule has 1 fully saturated rings. The van der Waals surface area contributed by atoms with Gasteiger partial charge >= 0.3 is 6.09 Å². The summed E-state index contributed by atoms with van der Waals surface area (Å²) in [5, 5.41) is 13.8. The molecule has 2 aromatic rings. The molecule has 0 unspecified atom stereocenters. The van der Waals surface area contributed by atoms with Gasteiger partial charge in [0.15, 0.2) is 5.82 Å². The molecule has 0 saturated heterocycles. The molecule has 0 aliphatic heterocycles. The van der Waals surface area contributed by atoms with Crippen LogP contribution in [0.15, 0.2) is 12.3 Å². The molecule has 0 spiro atoms. The van der Waals surface area contributed by atoms with E-state index in [0.717, 1.165) is 41.3 Å². The van der Waals surface area contributed by atoms with E-state index in [-0.39, 0.29) is 30.1 Å². The highest BCUT2D eigenvalue weighted by atomic mass is 32.1. The SMILES string of the molecule is CC[C@H](C)NC(=O)O[C@@H]1CC[C@H](c2cc(NC(=O)Cc3cnc(C)s3)n[nH]2)C1. The fourth-order valence-corrected chi connectivity index (χ4v) is 4.05. The van der Waals surface area contributed by atoms with E-state index in [9.17, 15) is 9.59 Å². The van der Waals surface area contributed by atoms with Gasteiger partial charge < -0.3 is 15.4 Å². The Morgan fingerprint density at radius 2 is 2.25 bits per heavy atom. The number of H-pyrrole nitrogens is 1. The summed E-state index contributed by atoms with van der Waals surface area (Å²) >= 11 is 1.52. The van der Waals surface area contributed by atoms with Gasteiger partial charge in [-0.15, -0.1) is 11.3 Å². The number of aromatic amines is 1. The minimum atomic E-state index is -0.351. The second kappa shape index (κ2) is 9.18. The van der Waals surface area contributed by atoms with Gasteiger partial charge in [-0.1, -0.05) is 6.92 Å². The Morgan fingerprint density at radius 3 is 2.96 bits per heavy atom. The number of thiazole rings is 1. The highest BCUT2D eigenvalue weighted by Gasteiger charge is 2.30. The van der Waals surface area contributed by atoms with Crippen molar-refractivity contribution in [3.05, 3.63) is 27.8 Å². The zero-order valence-corrected chi connectivity index (χ0v) is 17.3. The lowest BCUT2D eigenvalue weighted by Gasteiger charge is -2.16. The molecule has 1 aliphatic carbocycles. The van der Waals surface area contributed by atoms with Crippen LogP contribution in [0.5, 0.6) is 0 Å². The van der Waals surface area contributed by atoms with Crippen LogP contribution in [0.2, 0.25) is 0 Å². The summed E-state index contributed by atoms with van der Waals surface area (Å²) in [7, 11) is 0. The van der Waals surface area contributed by atoms with Crippen LogP contribution in [0.1, 0.15) is 61.0 Å². The first-order valence-electron chi connectivity index (χ1n) is 9.66. The summed E-state index contributed by atoms with van der Waals surface area (Å²) in [6, 6.07) is 1.97. The van der Waals surface area contributed by atoms with E-state index in [1.54, 1.807) is 6.20 Å². The van der Waals surface area contributed by atoms with Gasteiger partial charge in [0.25, 0.3) is 0 Å². The fourth-order valence-electron chi connectivity index (χ4n) is 3.26. The van der Waals surface area contributed by atoms with Gasteiger partial charge in [0, 0.05) is 34.8 Å². The zero-order valence-electron chi connectivity index (χ0n) is 16.4. The number of anilines is 1. The highest BCUT2D eigenvalue weighted by Crippen LogP contribution is 2.35. The van der Waals surface area contributed by atoms with Crippen LogP contribution in [-0.2, 0) is 16.0 Å². The maximum Gasteiger partial charge on any atom is 0.407 e. The minimum absolute atomic E-state index is 0.0926. The molecule has 0 radical (unpaired) electrons. The largest absolute Gasteiger partial charge is 0.446 e. The smallest absolute Gasteiger partial charge is 0.407 e. The Morgan fingerprint density at radius 1 is 1.43 bits per heavy atom. The lowest BCUT2D eigenvalue weighted by Crippen LogP contribution is -2.34. The van der Waals surface area contributed by atoms with Crippen LogP contribution < -0.4 is 10.6 Å². The monoisotopic (exact) mass is 405 g/mol. The lowest BCUT2D eigenvalue weighted by molar-refractivity contribution is -0.115. The maximum absolute atomic E-state index is 12.2. The van der Waals surface area contributed by atoms with E-state index in [1.807, 2.05) is 26.8 Å². The molecule has 1 saturated carbocycles. The molecule has 1 aliphatic rings. The molecule has 2 aromatic heterocycles. The Bertz CT molecular complexity index is 818. The quantitative estimate of drug-likeness (QED) is 0.653. The summed E-state index contributed by atoms with van der Waals surface area (Å²) in [5.74, 6) is 0.639. The van der Waals surface area contributed by atoms with Crippen molar-refractivity contribution in [1.82, 2.24) is 20.5 Å². The Hall–Kier alpha value is -2.42. The second-order valence-electron chi connectivity index (χ2n) is 7.27. The molecule has 2 heterocycles. The Kier molecular flexibility index (Phi) is 6.66. The average Bonchev–Trinajstić information content (AvgIpc) is 3.36. The molecular weight excluding hydrogens is 378 g/mol. The fraction of sp³-hybridized carbons (Fsp3) is 0.579. The number of carbonyl (C=O) groups is 2. The van der Waals surface area contributed by atoms with Crippen molar-refractivity contribution in [3.63, 3.8) is 0 Å². The van der Waals surface area contributed by atoms with E-state index in [4.69, 9.17) is 4.74 Å². The molecule has 0 aromatic carbocycles. The number of amides is 2. The number of ether oxygens (including phenoxy) is 1. The number of hydrogen-bond donors (Lipinski definition) is 3. The first kappa shape index (κ1) is 20.3. The van der Waals surface area contributed by atoms with Crippen LogP contribution in [0, 0.1) is 6.92 Å². The predicted octanol–water partition coefficient (Wildman–Crippen LogP) is 3.52. The van der Waals surface area contributed by atoms with Crippen molar-refractivity contribution < 1.29 is 14.3 Å². The van der Waals surface area contributed by atoms with E-state index in [2.05, 4.69) is 25.8 Å². The van der Waals surface area contributed by atoms with E-state index >= 15 is 0 Å². The molecule has 9 heteroatoms. The van der Waals surface area contributed by atoms with Crippen molar-refractivity contribution in [1.29, 1.82) is 0 Å². The number of nitrogens with one attached hydrogen (secondary N) is 3. The molecule has 28 heavy (non-hydrogen) atoms. The number of rotatable bonds is 7. The van der Waals surface area contributed by atoms with E-state index < -0.39 is 0 Å². The summed E-state index contributed by atoms with van der Waals surface area (Å²) in [6.07, 6.45) is 4.93. The summed E-state index contributed by atoms with van der Waals surface area (Å²) in [5.41, 5.74) is 0.956. The summed E-state index contributed by atoms with van der Waals surface area (Å²) in [4.78, 5) is 29.1. The van der Waals surface area contributed by atoms with Crippen LogP contribution in [0.3, 0.4) is 0 Å². The molecular formula is C19H27N5O3S. The van der Waals surface area contributed by atoms with Crippen LogP contribution in [0.4, 0.5) is 10.6 Å². The highest BCUT2D eigenvalue weighted by molar-refractivity contribution is 7.11.